The van der Waals surface area contributed by atoms with Crippen LogP contribution in [-0.4, -0.2) is 6.04 Å². The van der Waals surface area contributed by atoms with E-state index < -0.39 is 0 Å². The summed E-state index contributed by atoms with van der Waals surface area (Å²) in [5.74, 6) is 1.69. The van der Waals surface area contributed by atoms with Crippen LogP contribution >= 0.6 is 0 Å². The molecule has 2 aliphatic carbocycles. The summed E-state index contributed by atoms with van der Waals surface area (Å²) >= 11 is 0. The van der Waals surface area contributed by atoms with Crippen LogP contribution in [0.3, 0.4) is 0 Å². The Morgan fingerprint density at radius 1 is 1.05 bits per heavy atom. The van der Waals surface area contributed by atoms with Gasteiger partial charge >= 0.3 is 0 Å². The van der Waals surface area contributed by atoms with E-state index in [-0.39, 0.29) is 0 Å². The van der Waals surface area contributed by atoms with Crippen LogP contribution in [0, 0.1) is 11.8 Å². The summed E-state index contributed by atoms with van der Waals surface area (Å²) in [5, 5.41) is 4.01. The molecule has 1 fully saturated rings. The fourth-order valence-electron chi connectivity index (χ4n) is 4.15. The Hall–Kier alpha value is -0.820. The zero-order valence-corrected chi connectivity index (χ0v) is 12.4. The molecule has 0 bridgehead atoms. The predicted octanol–water partition coefficient (Wildman–Crippen LogP) is 4.48. The van der Waals surface area contributed by atoms with Crippen molar-refractivity contribution in [3.05, 3.63) is 35.4 Å². The minimum Gasteiger partial charge on any atom is -0.307 e. The summed E-state index contributed by atoms with van der Waals surface area (Å²) < 4.78 is 0. The van der Waals surface area contributed by atoms with Gasteiger partial charge in [0.1, 0.15) is 0 Å². The molecule has 0 heterocycles. The largest absolute Gasteiger partial charge is 0.307 e. The molecule has 3 rings (SSSR count). The maximum atomic E-state index is 4.01. The molecule has 0 spiro atoms. The van der Waals surface area contributed by atoms with Crippen molar-refractivity contribution in [2.24, 2.45) is 11.8 Å². The first-order valence-electron chi connectivity index (χ1n) is 8.09. The number of hydrogen-bond acceptors (Lipinski definition) is 1. The molecule has 1 heteroatoms. The summed E-state index contributed by atoms with van der Waals surface area (Å²) in [6.07, 6.45) is 8.19. The molecule has 1 aromatic rings. The van der Waals surface area contributed by atoms with Gasteiger partial charge in [-0.15, -0.1) is 0 Å². The van der Waals surface area contributed by atoms with Crippen LogP contribution in [0.25, 0.3) is 0 Å². The monoisotopic (exact) mass is 257 g/mol. The lowest BCUT2D eigenvalue weighted by atomic mass is 9.77. The summed E-state index contributed by atoms with van der Waals surface area (Å²) in [6.45, 7) is 4.79. The van der Waals surface area contributed by atoms with E-state index in [4.69, 9.17) is 0 Å². The SMILES string of the molecule is CC(C)C1CCCCC1NC1CCc2ccccc21. The van der Waals surface area contributed by atoms with Crippen molar-refractivity contribution in [3.63, 3.8) is 0 Å². The highest BCUT2D eigenvalue weighted by molar-refractivity contribution is 5.34. The minimum atomic E-state index is 0.612. The van der Waals surface area contributed by atoms with Crippen LogP contribution in [0.5, 0.6) is 0 Å². The zero-order chi connectivity index (χ0) is 13.2. The second kappa shape index (κ2) is 5.66. The molecule has 0 amide bonds. The van der Waals surface area contributed by atoms with Crippen molar-refractivity contribution in [2.75, 3.05) is 0 Å². The highest BCUT2D eigenvalue weighted by atomic mass is 15.0. The van der Waals surface area contributed by atoms with Gasteiger partial charge in [0.05, 0.1) is 0 Å². The zero-order valence-electron chi connectivity index (χ0n) is 12.4. The highest BCUT2D eigenvalue weighted by Crippen LogP contribution is 2.36. The lowest BCUT2D eigenvalue weighted by molar-refractivity contribution is 0.192. The van der Waals surface area contributed by atoms with Gasteiger partial charge in [0, 0.05) is 12.1 Å². The molecule has 3 atom stereocenters. The van der Waals surface area contributed by atoms with Gasteiger partial charge in [-0.1, -0.05) is 51.0 Å². The van der Waals surface area contributed by atoms with E-state index in [0.29, 0.717) is 6.04 Å². The van der Waals surface area contributed by atoms with Crippen LogP contribution in [0.1, 0.15) is 63.1 Å². The van der Waals surface area contributed by atoms with Gasteiger partial charge in [0.15, 0.2) is 0 Å². The Bertz CT molecular complexity index is 423. The molecule has 0 radical (unpaired) electrons. The molecule has 1 aromatic carbocycles. The van der Waals surface area contributed by atoms with Gasteiger partial charge in [-0.25, -0.2) is 0 Å². The highest BCUT2D eigenvalue weighted by Gasteiger charge is 2.31. The smallest absolute Gasteiger partial charge is 0.0328 e. The molecule has 1 saturated carbocycles. The molecule has 0 aromatic heterocycles. The lowest BCUT2D eigenvalue weighted by Crippen LogP contribution is -2.42. The lowest BCUT2D eigenvalue weighted by Gasteiger charge is -2.37. The van der Waals surface area contributed by atoms with Crippen LogP contribution in [0.4, 0.5) is 0 Å². The first kappa shape index (κ1) is 13.2. The number of rotatable bonds is 3. The molecule has 3 unspecified atom stereocenters. The van der Waals surface area contributed by atoms with Gasteiger partial charge in [-0.05, 0) is 48.6 Å². The van der Waals surface area contributed by atoms with Crippen molar-refractivity contribution >= 4 is 0 Å². The van der Waals surface area contributed by atoms with Gasteiger partial charge in [-0.3, -0.25) is 0 Å². The van der Waals surface area contributed by atoms with Crippen LogP contribution in [0.2, 0.25) is 0 Å². The van der Waals surface area contributed by atoms with Crippen LogP contribution in [0.15, 0.2) is 24.3 Å². The van der Waals surface area contributed by atoms with Crippen molar-refractivity contribution in [1.29, 1.82) is 0 Å². The van der Waals surface area contributed by atoms with Gasteiger partial charge in [0.2, 0.25) is 0 Å². The van der Waals surface area contributed by atoms with E-state index in [1.807, 2.05) is 0 Å². The van der Waals surface area contributed by atoms with Crippen molar-refractivity contribution < 1.29 is 0 Å². The molecule has 1 nitrogen and oxygen atoms in total. The maximum absolute atomic E-state index is 4.01. The average Bonchev–Trinajstić information content (AvgIpc) is 2.83. The standard InChI is InChI=1S/C18H27N/c1-13(2)15-8-5-6-10-17(15)19-18-12-11-14-7-3-4-9-16(14)18/h3-4,7,9,13,15,17-19H,5-6,8,10-12H2,1-2H3. The van der Waals surface area contributed by atoms with E-state index >= 15 is 0 Å². The first-order chi connectivity index (χ1) is 9.25. The molecule has 1 N–H and O–H groups in total. The number of hydrogen-bond donors (Lipinski definition) is 1. The fraction of sp³-hybridized carbons (Fsp3) is 0.667. The normalized spacial score (nSPS) is 30.6. The quantitative estimate of drug-likeness (QED) is 0.842. The summed E-state index contributed by atoms with van der Waals surface area (Å²) in [7, 11) is 0. The van der Waals surface area contributed by atoms with Crippen molar-refractivity contribution in [2.45, 2.75) is 64.5 Å². The second-order valence-electron chi connectivity index (χ2n) is 6.76. The Kier molecular flexibility index (Phi) is 3.93. The van der Waals surface area contributed by atoms with E-state index in [1.165, 1.54) is 38.5 Å². The number of nitrogens with one attached hydrogen (secondary N) is 1. The first-order valence-corrected chi connectivity index (χ1v) is 8.09. The Balaban J connectivity index is 1.71. The third kappa shape index (κ3) is 2.72. The molecular formula is C18H27N. The van der Waals surface area contributed by atoms with Crippen molar-refractivity contribution in [3.8, 4) is 0 Å². The number of aryl methyl sites for hydroxylation is 1. The molecule has 0 saturated heterocycles. The Labute approximate surface area is 117 Å². The van der Waals surface area contributed by atoms with Crippen molar-refractivity contribution in [1.82, 2.24) is 5.32 Å². The average molecular weight is 257 g/mol. The molecule has 0 aliphatic heterocycles. The third-order valence-corrected chi connectivity index (χ3v) is 5.22. The molecule has 2 aliphatic rings. The third-order valence-electron chi connectivity index (χ3n) is 5.22. The predicted molar refractivity (Wildman–Crippen MR) is 81.2 cm³/mol. The summed E-state index contributed by atoms with van der Waals surface area (Å²) in [4.78, 5) is 0. The van der Waals surface area contributed by atoms with Gasteiger partial charge < -0.3 is 5.32 Å². The van der Waals surface area contributed by atoms with E-state index in [1.54, 1.807) is 11.1 Å². The topological polar surface area (TPSA) is 12.0 Å². The molecular weight excluding hydrogens is 230 g/mol. The fourth-order valence-corrected chi connectivity index (χ4v) is 4.15. The second-order valence-corrected chi connectivity index (χ2v) is 6.76. The number of fused-ring (bicyclic) bond motifs is 1. The van der Waals surface area contributed by atoms with E-state index in [0.717, 1.165) is 17.9 Å². The maximum Gasteiger partial charge on any atom is 0.0328 e. The minimum absolute atomic E-state index is 0.612. The number of benzene rings is 1. The summed E-state index contributed by atoms with van der Waals surface area (Å²) in [5.41, 5.74) is 3.13. The Morgan fingerprint density at radius 3 is 2.68 bits per heavy atom. The van der Waals surface area contributed by atoms with E-state index in [2.05, 4.69) is 43.4 Å². The Morgan fingerprint density at radius 2 is 1.84 bits per heavy atom. The van der Waals surface area contributed by atoms with Crippen LogP contribution in [-0.2, 0) is 6.42 Å². The van der Waals surface area contributed by atoms with Gasteiger partial charge in [0.25, 0.3) is 0 Å². The van der Waals surface area contributed by atoms with Crippen LogP contribution < -0.4 is 5.32 Å². The van der Waals surface area contributed by atoms with Gasteiger partial charge in [-0.2, -0.15) is 0 Å². The molecule has 104 valence electrons. The molecule has 19 heavy (non-hydrogen) atoms. The van der Waals surface area contributed by atoms with E-state index in [9.17, 15) is 0 Å². The summed E-state index contributed by atoms with van der Waals surface area (Å²) in [6, 6.07) is 10.4.